The van der Waals surface area contributed by atoms with Crippen LogP contribution in [-0.4, -0.2) is 29.8 Å². The van der Waals surface area contributed by atoms with Crippen LogP contribution >= 0.6 is 11.6 Å². The number of hydrogen-bond donors (Lipinski definition) is 0. The van der Waals surface area contributed by atoms with Gasteiger partial charge < -0.3 is 4.90 Å². The molecule has 1 aromatic carbocycles. The highest BCUT2D eigenvalue weighted by molar-refractivity contribution is 6.18. The van der Waals surface area contributed by atoms with Gasteiger partial charge in [0.05, 0.1) is 0 Å². The molecule has 0 saturated carbocycles. The summed E-state index contributed by atoms with van der Waals surface area (Å²) in [6.45, 7) is 3.49. The smallest absolute Gasteiger partial charge is 0.253 e. The Labute approximate surface area is 114 Å². The molecular weight excluding hydrogens is 246 g/mol. The zero-order valence-corrected chi connectivity index (χ0v) is 11.7. The van der Waals surface area contributed by atoms with Crippen molar-refractivity contribution < 1.29 is 4.79 Å². The first-order valence-electron chi connectivity index (χ1n) is 6.73. The predicted octanol–water partition coefficient (Wildman–Crippen LogP) is 3.27. The molecule has 0 heterocycles. The van der Waals surface area contributed by atoms with Crippen LogP contribution in [0.25, 0.3) is 0 Å². The highest BCUT2D eigenvalue weighted by atomic mass is 35.5. The summed E-state index contributed by atoms with van der Waals surface area (Å²) in [6.07, 6.45) is 4.45. The third kappa shape index (κ3) is 2.86. The van der Waals surface area contributed by atoms with Crippen molar-refractivity contribution >= 4 is 17.5 Å². The van der Waals surface area contributed by atoms with Crippen molar-refractivity contribution in [3.05, 3.63) is 34.9 Å². The number of carbonyl (C=O) groups is 1. The SMILES string of the molecule is CCCN(CCCl)C(=O)c1ccc2c(c1)CCC2. The third-order valence-corrected chi connectivity index (χ3v) is 3.65. The first-order valence-corrected chi connectivity index (χ1v) is 7.26. The van der Waals surface area contributed by atoms with Crippen molar-refractivity contribution in [1.29, 1.82) is 0 Å². The van der Waals surface area contributed by atoms with Gasteiger partial charge in [-0.3, -0.25) is 4.79 Å². The van der Waals surface area contributed by atoms with Crippen LogP contribution in [0, 0.1) is 0 Å². The molecule has 0 unspecified atom stereocenters. The maximum Gasteiger partial charge on any atom is 0.253 e. The van der Waals surface area contributed by atoms with Gasteiger partial charge in [0, 0.05) is 24.5 Å². The van der Waals surface area contributed by atoms with E-state index in [-0.39, 0.29) is 5.91 Å². The number of hydrogen-bond acceptors (Lipinski definition) is 1. The van der Waals surface area contributed by atoms with Gasteiger partial charge in [-0.05, 0) is 48.9 Å². The second-order valence-corrected chi connectivity index (χ2v) is 5.20. The average Bonchev–Trinajstić information content (AvgIpc) is 2.84. The summed E-state index contributed by atoms with van der Waals surface area (Å²) in [6, 6.07) is 6.14. The van der Waals surface area contributed by atoms with Crippen LogP contribution in [0.15, 0.2) is 18.2 Å². The second kappa shape index (κ2) is 6.24. The molecule has 1 amide bonds. The Balaban J connectivity index is 2.16. The molecule has 0 saturated heterocycles. The molecule has 0 aromatic heterocycles. The van der Waals surface area contributed by atoms with Crippen molar-refractivity contribution in [2.45, 2.75) is 32.6 Å². The predicted molar refractivity (Wildman–Crippen MR) is 75.4 cm³/mol. The van der Waals surface area contributed by atoms with Gasteiger partial charge in [-0.15, -0.1) is 11.6 Å². The van der Waals surface area contributed by atoms with E-state index in [1.54, 1.807) is 0 Å². The number of halogens is 1. The minimum atomic E-state index is 0.118. The summed E-state index contributed by atoms with van der Waals surface area (Å²) in [7, 11) is 0. The number of fused-ring (bicyclic) bond motifs is 1. The van der Waals surface area contributed by atoms with Crippen molar-refractivity contribution in [2.75, 3.05) is 19.0 Å². The Morgan fingerprint density at radius 2 is 2.06 bits per heavy atom. The van der Waals surface area contributed by atoms with Gasteiger partial charge >= 0.3 is 0 Å². The van der Waals surface area contributed by atoms with E-state index in [2.05, 4.69) is 19.1 Å². The third-order valence-electron chi connectivity index (χ3n) is 3.48. The van der Waals surface area contributed by atoms with E-state index in [9.17, 15) is 4.79 Å². The summed E-state index contributed by atoms with van der Waals surface area (Å²) in [4.78, 5) is 14.2. The normalized spacial score (nSPS) is 13.4. The lowest BCUT2D eigenvalue weighted by Crippen LogP contribution is -2.33. The van der Waals surface area contributed by atoms with Gasteiger partial charge in [0.15, 0.2) is 0 Å². The molecule has 18 heavy (non-hydrogen) atoms. The van der Waals surface area contributed by atoms with Crippen LogP contribution in [0.2, 0.25) is 0 Å². The van der Waals surface area contributed by atoms with Gasteiger partial charge in [-0.2, -0.15) is 0 Å². The van der Waals surface area contributed by atoms with Crippen LogP contribution in [0.4, 0.5) is 0 Å². The van der Waals surface area contributed by atoms with Crippen LogP contribution < -0.4 is 0 Å². The largest absolute Gasteiger partial charge is 0.337 e. The topological polar surface area (TPSA) is 20.3 Å². The number of aryl methyl sites for hydroxylation is 2. The second-order valence-electron chi connectivity index (χ2n) is 4.82. The van der Waals surface area contributed by atoms with E-state index in [1.807, 2.05) is 11.0 Å². The van der Waals surface area contributed by atoms with Crippen LogP contribution in [-0.2, 0) is 12.8 Å². The summed E-state index contributed by atoms with van der Waals surface area (Å²) in [5, 5.41) is 0. The van der Waals surface area contributed by atoms with Gasteiger partial charge in [0.1, 0.15) is 0 Å². The van der Waals surface area contributed by atoms with E-state index in [1.165, 1.54) is 17.5 Å². The molecule has 0 fully saturated rings. The summed E-state index contributed by atoms with van der Waals surface area (Å²) < 4.78 is 0. The van der Waals surface area contributed by atoms with Gasteiger partial charge in [-0.25, -0.2) is 0 Å². The fourth-order valence-electron chi connectivity index (χ4n) is 2.57. The number of alkyl halides is 1. The van der Waals surface area contributed by atoms with Gasteiger partial charge in [0.25, 0.3) is 5.91 Å². The van der Waals surface area contributed by atoms with E-state index < -0.39 is 0 Å². The molecule has 0 spiro atoms. The molecule has 0 bridgehead atoms. The summed E-state index contributed by atoms with van der Waals surface area (Å²) in [5.74, 6) is 0.614. The van der Waals surface area contributed by atoms with Crippen LogP contribution in [0.5, 0.6) is 0 Å². The number of benzene rings is 1. The molecule has 0 atom stereocenters. The Bertz CT molecular complexity index is 425. The van der Waals surface area contributed by atoms with E-state index in [0.717, 1.165) is 31.4 Å². The molecule has 0 aliphatic heterocycles. The average molecular weight is 266 g/mol. The molecule has 2 rings (SSSR count). The van der Waals surface area contributed by atoms with E-state index >= 15 is 0 Å². The number of rotatable bonds is 5. The fourth-order valence-corrected chi connectivity index (χ4v) is 2.78. The lowest BCUT2D eigenvalue weighted by atomic mass is 10.1. The Hall–Kier alpha value is -1.02. The van der Waals surface area contributed by atoms with Crippen LogP contribution in [0.3, 0.4) is 0 Å². The van der Waals surface area contributed by atoms with E-state index in [4.69, 9.17) is 11.6 Å². The standard InChI is InChI=1S/C15H20ClNO/c1-2-9-17(10-8-16)15(18)14-7-6-12-4-3-5-13(12)11-14/h6-7,11H,2-5,8-10H2,1H3. The number of carbonyl (C=O) groups excluding carboxylic acids is 1. The Morgan fingerprint density at radius 3 is 2.78 bits per heavy atom. The molecule has 98 valence electrons. The zero-order valence-electron chi connectivity index (χ0n) is 10.9. The van der Waals surface area contributed by atoms with Crippen molar-refractivity contribution in [1.82, 2.24) is 4.90 Å². The minimum absolute atomic E-state index is 0.118. The Kier molecular flexibility index (Phi) is 4.65. The molecule has 1 aliphatic rings. The molecule has 3 heteroatoms. The van der Waals surface area contributed by atoms with Crippen molar-refractivity contribution in [3.8, 4) is 0 Å². The highest BCUT2D eigenvalue weighted by Gasteiger charge is 2.17. The maximum absolute atomic E-state index is 12.4. The number of nitrogens with zero attached hydrogens (tertiary/aromatic N) is 1. The lowest BCUT2D eigenvalue weighted by Gasteiger charge is -2.21. The molecular formula is C15H20ClNO. The summed E-state index contributed by atoms with van der Waals surface area (Å²) >= 11 is 5.76. The van der Waals surface area contributed by atoms with Crippen molar-refractivity contribution in [3.63, 3.8) is 0 Å². The summed E-state index contributed by atoms with van der Waals surface area (Å²) in [5.41, 5.74) is 3.57. The quantitative estimate of drug-likeness (QED) is 0.749. The van der Waals surface area contributed by atoms with Gasteiger partial charge in [0.2, 0.25) is 0 Å². The molecule has 1 aliphatic carbocycles. The molecule has 0 N–H and O–H groups in total. The van der Waals surface area contributed by atoms with E-state index in [0.29, 0.717) is 12.4 Å². The highest BCUT2D eigenvalue weighted by Crippen LogP contribution is 2.23. The Morgan fingerprint density at radius 1 is 1.28 bits per heavy atom. The maximum atomic E-state index is 12.4. The fraction of sp³-hybridized carbons (Fsp3) is 0.533. The first kappa shape index (κ1) is 13.4. The van der Waals surface area contributed by atoms with Crippen molar-refractivity contribution in [2.24, 2.45) is 0 Å². The number of amides is 1. The molecule has 0 radical (unpaired) electrons. The molecule has 1 aromatic rings. The van der Waals surface area contributed by atoms with Gasteiger partial charge in [-0.1, -0.05) is 13.0 Å². The monoisotopic (exact) mass is 265 g/mol. The molecule has 2 nitrogen and oxygen atoms in total. The lowest BCUT2D eigenvalue weighted by molar-refractivity contribution is 0.0765. The zero-order chi connectivity index (χ0) is 13.0. The first-order chi connectivity index (χ1) is 8.76. The minimum Gasteiger partial charge on any atom is -0.337 e. The van der Waals surface area contributed by atoms with Crippen LogP contribution in [0.1, 0.15) is 41.3 Å².